The molecule has 0 fully saturated rings. The summed E-state index contributed by atoms with van der Waals surface area (Å²) in [5, 5.41) is 11.1. The first-order valence-corrected chi connectivity index (χ1v) is 4.74. The Labute approximate surface area is 93.2 Å². The summed E-state index contributed by atoms with van der Waals surface area (Å²) >= 11 is 0. The molecule has 4 heteroatoms. The van der Waals surface area contributed by atoms with Crippen LogP contribution in [0.15, 0.2) is 24.3 Å². The van der Waals surface area contributed by atoms with Crippen LogP contribution in [0, 0.1) is 17.1 Å². The van der Waals surface area contributed by atoms with Crippen LogP contribution >= 0.6 is 0 Å². The largest absolute Gasteiger partial charge is 0.353 e. The molecule has 0 aliphatic rings. The summed E-state index contributed by atoms with van der Waals surface area (Å²) in [6, 6.07) is 6.10. The summed E-state index contributed by atoms with van der Waals surface area (Å²) in [5.74, 6) is -0.653. The Balaban J connectivity index is 2.65. The average molecular weight is 218 g/mol. The Bertz CT molecular complexity index is 461. The van der Waals surface area contributed by atoms with Gasteiger partial charge in [-0.15, -0.1) is 0 Å². The van der Waals surface area contributed by atoms with Gasteiger partial charge in [0.05, 0.1) is 5.56 Å². The fraction of sp³-hybridized carbons (Fsp3) is 0.167. The molecule has 0 aliphatic carbocycles. The minimum atomic E-state index is -0.538. The maximum absolute atomic E-state index is 13.2. The van der Waals surface area contributed by atoms with Gasteiger partial charge in [-0.1, -0.05) is 18.2 Å². The minimum Gasteiger partial charge on any atom is -0.353 e. The Hall–Kier alpha value is -2.15. The Kier molecular flexibility index (Phi) is 4.22. The molecule has 0 saturated heterocycles. The van der Waals surface area contributed by atoms with E-state index in [0.717, 1.165) is 0 Å². The molecule has 0 saturated carbocycles. The first-order chi connectivity index (χ1) is 7.63. The molecule has 0 spiro atoms. The molecule has 16 heavy (non-hydrogen) atoms. The predicted molar refractivity (Wildman–Crippen MR) is 58.8 cm³/mol. The molecule has 0 heterocycles. The minimum absolute atomic E-state index is 0.0269. The highest BCUT2D eigenvalue weighted by Gasteiger charge is 1.99. The van der Waals surface area contributed by atoms with Crippen LogP contribution in [0.5, 0.6) is 0 Å². The Morgan fingerprint density at radius 3 is 2.94 bits per heavy atom. The van der Waals surface area contributed by atoms with Gasteiger partial charge >= 0.3 is 0 Å². The zero-order valence-corrected chi connectivity index (χ0v) is 8.83. The Morgan fingerprint density at radius 1 is 1.62 bits per heavy atom. The highest BCUT2D eigenvalue weighted by molar-refractivity contribution is 5.73. The van der Waals surface area contributed by atoms with E-state index in [1.807, 2.05) is 0 Å². The van der Waals surface area contributed by atoms with E-state index in [-0.39, 0.29) is 11.5 Å². The first kappa shape index (κ1) is 11.9. The molecule has 1 aromatic carbocycles. The van der Waals surface area contributed by atoms with Gasteiger partial charge in [0.1, 0.15) is 11.9 Å². The molecular formula is C12H11FN2O. The number of carbonyl (C=O) groups excluding carboxylic acids is 1. The van der Waals surface area contributed by atoms with Gasteiger partial charge in [0, 0.05) is 13.5 Å². The van der Waals surface area contributed by atoms with Crippen LogP contribution in [0.4, 0.5) is 4.39 Å². The predicted octanol–water partition coefficient (Wildman–Crippen LogP) is 1.85. The first-order valence-electron chi connectivity index (χ1n) is 4.74. The number of rotatable bonds is 3. The summed E-state index contributed by atoms with van der Waals surface area (Å²) in [7, 11) is 0. The topological polar surface area (TPSA) is 52.9 Å². The second-order valence-electron chi connectivity index (χ2n) is 3.19. The van der Waals surface area contributed by atoms with Crippen molar-refractivity contribution in [3.63, 3.8) is 0 Å². The van der Waals surface area contributed by atoms with E-state index in [9.17, 15) is 9.18 Å². The monoisotopic (exact) mass is 218 g/mol. The molecule has 0 unspecified atom stereocenters. The van der Waals surface area contributed by atoms with Crippen molar-refractivity contribution < 1.29 is 9.18 Å². The third-order valence-corrected chi connectivity index (χ3v) is 1.89. The van der Waals surface area contributed by atoms with Crippen molar-refractivity contribution in [3.8, 4) is 6.07 Å². The smallest absolute Gasteiger partial charge is 0.217 e. The van der Waals surface area contributed by atoms with Crippen molar-refractivity contribution in [1.82, 2.24) is 5.32 Å². The SMILES string of the molecule is CC(=O)NCC=Cc1ccc(C#N)c(F)c1. The van der Waals surface area contributed by atoms with E-state index in [1.165, 1.54) is 19.1 Å². The quantitative estimate of drug-likeness (QED) is 0.841. The molecular weight excluding hydrogens is 207 g/mol. The molecule has 0 bridgehead atoms. The van der Waals surface area contributed by atoms with Crippen LogP contribution in [0.25, 0.3) is 6.08 Å². The lowest BCUT2D eigenvalue weighted by Gasteiger charge is -1.97. The van der Waals surface area contributed by atoms with Gasteiger partial charge in [-0.25, -0.2) is 4.39 Å². The molecule has 1 rings (SSSR count). The second-order valence-corrected chi connectivity index (χ2v) is 3.19. The highest BCUT2D eigenvalue weighted by atomic mass is 19.1. The van der Waals surface area contributed by atoms with Crippen LogP contribution < -0.4 is 5.32 Å². The lowest BCUT2D eigenvalue weighted by molar-refractivity contribution is -0.118. The van der Waals surface area contributed by atoms with Gasteiger partial charge in [0.2, 0.25) is 5.91 Å². The zero-order chi connectivity index (χ0) is 12.0. The van der Waals surface area contributed by atoms with Gasteiger partial charge in [-0.05, 0) is 17.7 Å². The van der Waals surface area contributed by atoms with Crippen LogP contribution in [0.2, 0.25) is 0 Å². The summed E-state index contributed by atoms with van der Waals surface area (Å²) in [6.07, 6.45) is 3.39. The normalized spacial score (nSPS) is 10.1. The number of hydrogen-bond acceptors (Lipinski definition) is 2. The van der Waals surface area contributed by atoms with Crippen LogP contribution in [-0.4, -0.2) is 12.5 Å². The number of carbonyl (C=O) groups is 1. The summed E-state index contributed by atoms with van der Waals surface area (Å²) < 4.78 is 13.2. The van der Waals surface area contributed by atoms with Gasteiger partial charge in [0.25, 0.3) is 0 Å². The van der Waals surface area contributed by atoms with E-state index in [1.54, 1.807) is 24.3 Å². The van der Waals surface area contributed by atoms with Gasteiger partial charge < -0.3 is 5.32 Å². The summed E-state index contributed by atoms with van der Waals surface area (Å²) in [5.41, 5.74) is 0.681. The molecule has 0 aliphatic heterocycles. The number of nitriles is 1. The lowest BCUT2D eigenvalue weighted by atomic mass is 10.1. The van der Waals surface area contributed by atoms with Gasteiger partial charge in [-0.3, -0.25) is 4.79 Å². The lowest BCUT2D eigenvalue weighted by Crippen LogP contribution is -2.19. The number of benzene rings is 1. The highest BCUT2D eigenvalue weighted by Crippen LogP contribution is 2.10. The van der Waals surface area contributed by atoms with Gasteiger partial charge in [0.15, 0.2) is 0 Å². The Morgan fingerprint density at radius 2 is 2.38 bits per heavy atom. The van der Waals surface area contributed by atoms with Crippen LogP contribution in [0.3, 0.4) is 0 Å². The molecule has 0 radical (unpaired) electrons. The third kappa shape index (κ3) is 3.54. The number of nitrogens with one attached hydrogen (secondary N) is 1. The molecule has 1 N–H and O–H groups in total. The van der Waals surface area contributed by atoms with E-state index in [4.69, 9.17) is 5.26 Å². The molecule has 82 valence electrons. The maximum atomic E-state index is 13.2. The van der Waals surface area contributed by atoms with Crippen molar-refractivity contribution in [1.29, 1.82) is 5.26 Å². The molecule has 3 nitrogen and oxygen atoms in total. The van der Waals surface area contributed by atoms with Crippen LogP contribution in [-0.2, 0) is 4.79 Å². The van der Waals surface area contributed by atoms with E-state index in [2.05, 4.69) is 5.32 Å². The molecule has 1 aromatic rings. The van der Waals surface area contributed by atoms with Crippen LogP contribution in [0.1, 0.15) is 18.1 Å². The van der Waals surface area contributed by atoms with E-state index in [0.29, 0.717) is 12.1 Å². The molecule has 1 amide bonds. The number of amides is 1. The third-order valence-electron chi connectivity index (χ3n) is 1.89. The standard InChI is InChI=1S/C12H11FN2O/c1-9(16)15-6-2-3-10-4-5-11(8-14)12(13)7-10/h2-5,7H,6H2,1H3,(H,15,16). The van der Waals surface area contributed by atoms with Crippen molar-refractivity contribution in [2.45, 2.75) is 6.92 Å². The number of hydrogen-bond donors (Lipinski definition) is 1. The van der Waals surface area contributed by atoms with E-state index < -0.39 is 5.82 Å². The number of halogens is 1. The summed E-state index contributed by atoms with van der Waals surface area (Å²) in [6.45, 7) is 1.83. The van der Waals surface area contributed by atoms with Crippen molar-refractivity contribution in [3.05, 3.63) is 41.2 Å². The van der Waals surface area contributed by atoms with E-state index >= 15 is 0 Å². The second kappa shape index (κ2) is 5.66. The fourth-order valence-electron chi connectivity index (χ4n) is 1.12. The van der Waals surface area contributed by atoms with Crippen molar-refractivity contribution in [2.75, 3.05) is 6.54 Å². The average Bonchev–Trinajstić information content (AvgIpc) is 2.24. The van der Waals surface area contributed by atoms with Crippen molar-refractivity contribution in [2.24, 2.45) is 0 Å². The zero-order valence-electron chi connectivity index (χ0n) is 8.83. The number of nitrogens with zero attached hydrogens (tertiary/aromatic N) is 1. The maximum Gasteiger partial charge on any atom is 0.217 e. The fourth-order valence-corrected chi connectivity index (χ4v) is 1.12. The van der Waals surface area contributed by atoms with Gasteiger partial charge in [-0.2, -0.15) is 5.26 Å². The summed E-state index contributed by atoms with van der Waals surface area (Å²) in [4.78, 5) is 10.6. The molecule has 0 aromatic heterocycles. The van der Waals surface area contributed by atoms with Crippen molar-refractivity contribution >= 4 is 12.0 Å². The molecule has 0 atom stereocenters.